The summed E-state index contributed by atoms with van der Waals surface area (Å²) in [5.41, 5.74) is 4.20. The summed E-state index contributed by atoms with van der Waals surface area (Å²) in [5, 5.41) is 7.01. The second-order valence-electron chi connectivity index (χ2n) is 6.58. The van der Waals surface area contributed by atoms with Crippen molar-refractivity contribution in [2.45, 2.75) is 6.92 Å². The number of anilines is 3. The van der Waals surface area contributed by atoms with Gasteiger partial charge in [0.2, 0.25) is 5.91 Å². The van der Waals surface area contributed by atoms with E-state index in [1.807, 2.05) is 54.1 Å². The van der Waals surface area contributed by atoms with Crippen LogP contribution in [0.1, 0.15) is 6.92 Å². The molecule has 6 heteroatoms. The summed E-state index contributed by atoms with van der Waals surface area (Å²) in [6.45, 7) is 1.47. The van der Waals surface area contributed by atoms with Gasteiger partial charge >= 0.3 is 0 Å². The van der Waals surface area contributed by atoms with Gasteiger partial charge in [-0.05, 0) is 42.5 Å². The molecule has 0 saturated heterocycles. The average molecular weight is 374 g/mol. The number of nitrogens with one attached hydrogen (secondary N) is 2. The molecule has 5 nitrogen and oxygen atoms in total. The molecular formula is C22H19FN4O. The Balaban J connectivity index is 1.75. The molecule has 0 unspecified atom stereocenters. The molecule has 0 radical (unpaired) electrons. The van der Waals surface area contributed by atoms with Gasteiger partial charge < -0.3 is 15.2 Å². The number of halogens is 1. The van der Waals surface area contributed by atoms with Gasteiger partial charge in [0.05, 0.1) is 5.52 Å². The third-order valence-corrected chi connectivity index (χ3v) is 4.54. The fourth-order valence-electron chi connectivity index (χ4n) is 3.30. The third-order valence-electron chi connectivity index (χ3n) is 4.54. The van der Waals surface area contributed by atoms with Gasteiger partial charge in [-0.15, -0.1) is 0 Å². The van der Waals surface area contributed by atoms with E-state index >= 15 is 0 Å². The number of aryl methyl sites for hydroxylation is 1. The first-order chi connectivity index (χ1) is 13.5. The molecule has 0 saturated carbocycles. The minimum absolute atomic E-state index is 0.125. The lowest BCUT2D eigenvalue weighted by molar-refractivity contribution is -0.114. The van der Waals surface area contributed by atoms with E-state index in [0.717, 1.165) is 27.8 Å². The summed E-state index contributed by atoms with van der Waals surface area (Å²) in [7, 11) is 1.95. The van der Waals surface area contributed by atoms with Crippen LogP contribution in [-0.2, 0) is 11.8 Å². The Morgan fingerprint density at radius 1 is 1.04 bits per heavy atom. The molecular weight excluding hydrogens is 355 g/mol. The molecule has 0 fully saturated rings. The maximum Gasteiger partial charge on any atom is 0.221 e. The Morgan fingerprint density at radius 2 is 1.82 bits per heavy atom. The number of hydrogen-bond donors (Lipinski definition) is 2. The van der Waals surface area contributed by atoms with E-state index in [0.29, 0.717) is 11.5 Å². The second-order valence-corrected chi connectivity index (χ2v) is 6.58. The monoisotopic (exact) mass is 374 g/mol. The van der Waals surface area contributed by atoms with Crippen LogP contribution in [0.4, 0.5) is 21.6 Å². The molecule has 2 aromatic heterocycles. The van der Waals surface area contributed by atoms with E-state index in [-0.39, 0.29) is 11.7 Å². The zero-order valence-corrected chi connectivity index (χ0v) is 15.5. The number of rotatable bonds is 4. The molecule has 4 rings (SSSR count). The summed E-state index contributed by atoms with van der Waals surface area (Å²) in [5.74, 6) is 0.296. The fourth-order valence-corrected chi connectivity index (χ4v) is 3.30. The first-order valence-electron chi connectivity index (χ1n) is 8.86. The molecule has 2 heterocycles. The first kappa shape index (κ1) is 17.7. The zero-order valence-electron chi connectivity index (χ0n) is 15.5. The quantitative estimate of drug-likeness (QED) is 0.524. The van der Waals surface area contributed by atoms with Crippen molar-refractivity contribution >= 4 is 34.0 Å². The minimum atomic E-state index is -0.269. The van der Waals surface area contributed by atoms with Gasteiger partial charge in [-0.2, -0.15) is 0 Å². The number of carbonyl (C=O) groups is 1. The van der Waals surface area contributed by atoms with E-state index < -0.39 is 0 Å². The Kier molecular flexibility index (Phi) is 4.53. The van der Waals surface area contributed by atoms with Crippen LogP contribution in [0, 0.1) is 5.82 Å². The number of hydrogen-bond acceptors (Lipinski definition) is 3. The summed E-state index contributed by atoms with van der Waals surface area (Å²) >= 11 is 0. The molecule has 140 valence electrons. The van der Waals surface area contributed by atoms with Crippen LogP contribution in [-0.4, -0.2) is 15.5 Å². The van der Waals surface area contributed by atoms with Gasteiger partial charge in [0.15, 0.2) is 0 Å². The molecule has 0 spiro atoms. The maximum atomic E-state index is 13.7. The van der Waals surface area contributed by atoms with Crippen molar-refractivity contribution in [3.63, 3.8) is 0 Å². The summed E-state index contributed by atoms with van der Waals surface area (Å²) in [6, 6.07) is 17.9. The first-order valence-corrected chi connectivity index (χ1v) is 8.86. The largest absolute Gasteiger partial charge is 0.343 e. The molecule has 4 aromatic rings. The van der Waals surface area contributed by atoms with Gasteiger partial charge in [0.25, 0.3) is 0 Å². The van der Waals surface area contributed by atoms with Crippen molar-refractivity contribution in [2.24, 2.45) is 7.05 Å². The Labute approximate surface area is 161 Å². The van der Waals surface area contributed by atoms with Crippen LogP contribution in [0.3, 0.4) is 0 Å². The zero-order chi connectivity index (χ0) is 19.7. The van der Waals surface area contributed by atoms with Crippen molar-refractivity contribution < 1.29 is 9.18 Å². The smallest absolute Gasteiger partial charge is 0.221 e. The number of carbonyl (C=O) groups excluding carboxylic acids is 1. The van der Waals surface area contributed by atoms with E-state index in [1.54, 1.807) is 12.3 Å². The van der Waals surface area contributed by atoms with Crippen LogP contribution in [0.5, 0.6) is 0 Å². The van der Waals surface area contributed by atoms with Gasteiger partial charge in [-0.25, -0.2) is 9.37 Å². The topological polar surface area (TPSA) is 59.0 Å². The lowest BCUT2D eigenvalue weighted by Crippen LogP contribution is -2.05. The SMILES string of the molecule is CC(=O)Nc1cccc(Nc2nccc3c2cc(-c2cccc(F)c2)n3C)c1. The number of benzene rings is 2. The van der Waals surface area contributed by atoms with Crippen LogP contribution >= 0.6 is 0 Å². The molecule has 2 N–H and O–H groups in total. The minimum Gasteiger partial charge on any atom is -0.343 e. The lowest BCUT2D eigenvalue weighted by Gasteiger charge is -2.09. The number of fused-ring (bicyclic) bond motifs is 1. The molecule has 0 bridgehead atoms. The standard InChI is InChI=1S/C22H19FN4O/c1-14(28)25-17-7-4-8-18(12-17)26-22-19-13-21(15-5-3-6-16(23)11-15)27(2)20(19)9-10-24-22/h3-13H,1-2H3,(H,24,26)(H,25,28). The number of nitrogens with zero attached hydrogens (tertiary/aromatic N) is 2. The van der Waals surface area contributed by atoms with Crippen molar-refractivity contribution in [1.29, 1.82) is 0 Å². The highest BCUT2D eigenvalue weighted by Gasteiger charge is 2.12. The normalized spacial score (nSPS) is 10.8. The lowest BCUT2D eigenvalue weighted by atomic mass is 10.1. The molecule has 1 amide bonds. The van der Waals surface area contributed by atoms with Crippen LogP contribution in [0.15, 0.2) is 66.9 Å². The highest BCUT2D eigenvalue weighted by Crippen LogP contribution is 2.32. The molecule has 0 aliphatic rings. The van der Waals surface area contributed by atoms with Crippen LogP contribution < -0.4 is 10.6 Å². The summed E-state index contributed by atoms with van der Waals surface area (Å²) in [6.07, 6.45) is 1.73. The molecule has 0 aliphatic carbocycles. The number of pyridine rings is 1. The molecule has 0 atom stereocenters. The highest BCUT2D eigenvalue weighted by molar-refractivity contribution is 5.96. The highest BCUT2D eigenvalue weighted by atomic mass is 19.1. The van der Waals surface area contributed by atoms with Crippen molar-refractivity contribution in [3.05, 3.63) is 72.7 Å². The van der Waals surface area contributed by atoms with Crippen LogP contribution in [0.2, 0.25) is 0 Å². The second kappa shape index (κ2) is 7.15. The van der Waals surface area contributed by atoms with Gasteiger partial charge in [0.1, 0.15) is 11.6 Å². The van der Waals surface area contributed by atoms with Gasteiger partial charge in [-0.1, -0.05) is 18.2 Å². The van der Waals surface area contributed by atoms with E-state index in [4.69, 9.17) is 0 Å². The van der Waals surface area contributed by atoms with Gasteiger partial charge in [0, 0.05) is 48.2 Å². The van der Waals surface area contributed by atoms with Crippen molar-refractivity contribution in [1.82, 2.24) is 9.55 Å². The molecule has 0 aliphatic heterocycles. The number of amides is 1. The Hall–Kier alpha value is -3.67. The van der Waals surface area contributed by atoms with Crippen molar-refractivity contribution in [2.75, 3.05) is 10.6 Å². The molecule has 2 aromatic carbocycles. The van der Waals surface area contributed by atoms with Gasteiger partial charge in [-0.3, -0.25) is 4.79 Å². The Morgan fingerprint density at radius 3 is 2.61 bits per heavy atom. The summed E-state index contributed by atoms with van der Waals surface area (Å²) in [4.78, 5) is 15.8. The summed E-state index contributed by atoms with van der Waals surface area (Å²) < 4.78 is 15.7. The van der Waals surface area contributed by atoms with Crippen molar-refractivity contribution in [3.8, 4) is 11.3 Å². The molecule has 28 heavy (non-hydrogen) atoms. The number of aromatic nitrogens is 2. The predicted octanol–water partition coefficient (Wildman–Crippen LogP) is 5.08. The van der Waals surface area contributed by atoms with E-state index in [2.05, 4.69) is 15.6 Å². The average Bonchev–Trinajstić information content (AvgIpc) is 3.00. The van der Waals surface area contributed by atoms with E-state index in [1.165, 1.54) is 19.1 Å². The Bertz CT molecular complexity index is 1180. The predicted molar refractivity (Wildman–Crippen MR) is 110 cm³/mol. The van der Waals surface area contributed by atoms with E-state index in [9.17, 15) is 9.18 Å². The van der Waals surface area contributed by atoms with Crippen LogP contribution in [0.25, 0.3) is 22.2 Å². The fraction of sp³-hybridized carbons (Fsp3) is 0.0909. The third kappa shape index (κ3) is 3.44. The maximum absolute atomic E-state index is 13.7.